The highest BCUT2D eigenvalue weighted by molar-refractivity contribution is 5.99. The number of halogens is 5. The van der Waals surface area contributed by atoms with E-state index in [1.54, 1.807) is 0 Å². The van der Waals surface area contributed by atoms with Gasteiger partial charge in [-0.25, -0.2) is 18.7 Å². The van der Waals surface area contributed by atoms with Crippen LogP contribution in [-0.2, 0) is 17.4 Å². The van der Waals surface area contributed by atoms with Crippen molar-refractivity contribution in [2.24, 2.45) is 0 Å². The zero-order valence-corrected chi connectivity index (χ0v) is 19.0. The minimum absolute atomic E-state index is 0.0188. The first kappa shape index (κ1) is 24.5. The number of benzene rings is 2. The van der Waals surface area contributed by atoms with Crippen molar-refractivity contribution in [1.29, 1.82) is 0 Å². The van der Waals surface area contributed by atoms with E-state index in [1.807, 2.05) is 4.90 Å². The molecule has 0 atom stereocenters. The normalized spacial score (nSPS) is 14.9. The Labute approximate surface area is 205 Å². The number of rotatable bonds is 5. The smallest absolute Gasteiger partial charge is 0.471 e. The van der Waals surface area contributed by atoms with Gasteiger partial charge in [0.1, 0.15) is 23.8 Å². The number of anilines is 1. The molecule has 1 aliphatic rings. The second-order valence-electron chi connectivity index (χ2n) is 8.65. The Kier molecular flexibility index (Phi) is 6.21. The Bertz CT molecular complexity index is 1480. The van der Waals surface area contributed by atoms with Crippen LogP contribution in [-0.4, -0.2) is 44.3 Å². The second-order valence-corrected chi connectivity index (χ2v) is 8.65. The van der Waals surface area contributed by atoms with Crippen molar-refractivity contribution in [3.05, 3.63) is 65.6 Å². The first-order chi connectivity index (χ1) is 17.6. The quantitative estimate of drug-likeness (QED) is 0.368. The number of carboxylic acid groups (broad SMARTS) is 1. The summed E-state index contributed by atoms with van der Waals surface area (Å²) in [6.07, 6.45) is -2.99. The third kappa shape index (κ3) is 4.93. The molecule has 1 saturated heterocycles. The van der Waals surface area contributed by atoms with Gasteiger partial charge in [-0.15, -0.1) is 0 Å². The van der Waals surface area contributed by atoms with Gasteiger partial charge < -0.3 is 14.5 Å². The highest BCUT2D eigenvalue weighted by Crippen LogP contribution is 2.37. The number of fused-ring (bicyclic) bond motifs is 1. The van der Waals surface area contributed by atoms with Crippen LogP contribution >= 0.6 is 0 Å². The minimum atomic E-state index is -4.72. The van der Waals surface area contributed by atoms with E-state index in [0.717, 1.165) is 12.1 Å². The molecule has 5 rings (SSSR count). The summed E-state index contributed by atoms with van der Waals surface area (Å²) in [5, 5.41) is 12.8. The number of aromatic nitrogens is 4. The number of carboxylic acids is 1. The topological polar surface area (TPSA) is 105 Å². The molecular formula is C24H18F5N5O3. The predicted molar refractivity (Wildman–Crippen MR) is 120 cm³/mol. The van der Waals surface area contributed by atoms with Crippen molar-refractivity contribution >= 4 is 22.7 Å². The van der Waals surface area contributed by atoms with E-state index in [-0.39, 0.29) is 34.9 Å². The molecule has 3 heterocycles. The molecule has 0 saturated carbocycles. The molecule has 13 heteroatoms. The van der Waals surface area contributed by atoms with Crippen molar-refractivity contribution in [3.8, 4) is 11.1 Å². The van der Waals surface area contributed by atoms with Gasteiger partial charge >= 0.3 is 18.0 Å². The molecule has 0 spiro atoms. The molecular weight excluding hydrogens is 501 g/mol. The molecule has 2 aromatic heterocycles. The fourth-order valence-electron chi connectivity index (χ4n) is 4.50. The Morgan fingerprint density at radius 2 is 1.84 bits per heavy atom. The molecule has 4 aromatic rings. The van der Waals surface area contributed by atoms with Crippen molar-refractivity contribution in [1.82, 2.24) is 20.1 Å². The van der Waals surface area contributed by atoms with Gasteiger partial charge in [-0.05, 0) is 36.6 Å². The van der Waals surface area contributed by atoms with E-state index in [1.165, 1.54) is 24.5 Å². The first-order valence-corrected chi connectivity index (χ1v) is 11.2. The molecule has 192 valence electrons. The number of hydrogen-bond acceptors (Lipinski definition) is 7. The summed E-state index contributed by atoms with van der Waals surface area (Å²) >= 11 is 0. The molecule has 1 aliphatic heterocycles. The van der Waals surface area contributed by atoms with E-state index in [9.17, 15) is 26.7 Å². The monoisotopic (exact) mass is 519 g/mol. The van der Waals surface area contributed by atoms with Gasteiger partial charge in [-0.2, -0.15) is 18.2 Å². The fraction of sp³-hybridized carbons (Fsp3) is 0.292. The molecule has 0 aliphatic carbocycles. The van der Waals surface area contributed by atoms with E-state index < -0.39 is 29.7 Å². The average Bonchev–Trinajstić information content (AvgIpc) is 3.34. The second kappa shape index (κ2) is 9.37. The summed E-state index contributed by atoms with van der Waals surface area (Å²) in [5.41, 5.74) is 0.793. The van der Waals surface area contributed by atoms with Gasteiger partial charge in [-0.1, -0.05) is 17.3 Å². The van der Waals surface area contributed by atoms with Gasteiger partial charge in [-0.3, -0.25) is 4.79 Å². The summed E-state index contributed by atoms with van der Waals surface area (Å²) in [6.45, 7) is 0.744. The zero-order valence-electron chi connectivity index (χ0n) is 19.0. The highest BCUT2D eigenvalue weighted by atomic mass is 19.4. The summed E-state index contributed by atoms with van der Waals surface area (Å²) in [4.78, 5) is 24.8. The van der Waals surface area contributed by atoms with Crippen LogP contribution in [0.5, 0.6) is 0 Å². The number of alkyl halides is 3. The Morgan fingerprint density at radius 3 is 2.49 bits per heavy atom. The molecule has 0 amide bonds. The largest absolute Gasteiger partial charge is 0.481 e. The molecule has 8 nitrogen and oxygen atoms in total. The SMILES string of the molecule is O=C(O)Cc1ccc(-c2cc(F)cc3c(N4CCC(c5noc(C(F)(F)F)n5)CC4)ncnc23)c(F)c1. The summed E-state index contributed by atoms with van der Waals surface area (Å²) in [7, 11) is 0. The van der Waals surface area contributed by atoms with Crippen LogP contribution in [0, 0.1) is 11.6 Å². The van der Waals surface area contributed by atoms with E-state index in [0.29, 0.717) is 42.7 Å². The number of carbonyl (C=O) groups is 1. The van der Waals surface area contributed by atoms with Crippen LogP contribution in [0.25, 0.3) is 22.0 Å². The first-order valence-electron chi connectivity index (χ1n) is 11.2. The lowest BCUT2D eigenvalue weighted by Crippen LogP contribution is -2.34. The van der Waals surface area contributed by atoms with Crippen molar-refractivity contribution in [3.63, 3.8) is 0 Å². The van der Waals surface area contributed by atoms with Gasteiger partial charge in [0.25, 0.3) is 0 Å². The van der Waals surface area contributed by atoms with Crippen LogP contribution in [0.3, 0.4) is 0 Å². The van der Waals surface area contributed by atoms with E-state index >= 15 is 0 Å². The molecule has 0 radical (unpaired) electrons. The van der Waals surface area contributed by atoms with Crippen LogP contribution < -0.4 is 4.90 Å². The number of aliphatic carboxylic acids is 1. The van der Waals surface area contributed by atoms with E-state index in [4.69, 9.17) is 5.11 Å². The Morgan fingerprint density at radius 1 is 1.08 bits per heavy atom. The standard InChI is InChI=1S/C24H18F5N5O3/c25-14-9-16(15-2-1-12(7-18(15)26)8-19(35)36)20-17(10-14)22(31-11-30-20)34-5-3-13(4-6-34)21-32-23(37-33-21)24(27,28)29/h1-2,7,9-11,13H,3-6,8H2,(H,35,36). The molecule has 2 aromatic carbocycles. The fourth-order valence-corrected chi connectivity index (χ4v) is 4.50. The molecule has 1 fully saturated rings. The lowest BCUT2D eigenvalue weighted by Gasteiger charge is -2.32. The highest BCUT2D eigenvalue weighted by Gasteiger charge is 2.39. The maximum Gasteiger partial charge on any atom is 0.471 e. The summed E-state index contributed by atoms with van der Waals surface area (Å²) in [6, 6.07) is 6.32. The number of nitrogens with zero attached hydrogens (tertiary/aromatic N) is 5. The molecule has 0 unspecified atom stereocenters. The lowest BCUT2D eigenvalue weighted by molar-refractivity contribution is -0.159. The molecule has 37 heavy (non-hydrogen) atoms. The maximum absolute atomic E-state index is 14.9. The van der Waals surface area contributed by atoms with Crippen molar-refractivity contribution in [2.45, 2.75) is 31.4 Å². The third-order valence-electron chi connectivity index (χ3n) is 6.21. The molecule has 0 bridgehead atoms. The van der Waals surface area contributed by atoms with Crippen LogP contribution in [0.4, 0.5) is 27.8 Å². The minimum Gasteiger partial charge on any atom is -0.481 e. The number of hydrogen-bond donors (Lipinski definition) is 1. The summed E-state index contributed by atoms with van der Waals surface area (Å²) in [5.74, 6) is -3.83. The third-order valence-corrected chi connectivity index (χ3v) is 6.21. The van der Waals surface area contributed by atoms with Gasteiger partial charge in [0.15, 0.2) is 5.82 Å². The van der Waals surface area contributed by atoms with Crippen LogP contribution in [0.1, 0.15) is 36.0 Å². The van der Waals surface area contributed by atoms with Gasteiger partial charge in [0, 0.05) is 35.5 Å². The zero-order chi connectivity index (χ0) is 26.3. The van der Waals surface area contributed by atoms with Gasteiger partial charge in [0.05, 0.1) is 11.9 Å². The lowest BCUT2D eigenvalue weighted by atomic mass is 9.95. The average molecular weight is 519 g/mol. The number of piperidine rings is 1. The van der Waals surface area contributed by atoms with Crippen molar-refractivity contribution < 1.29 is 36.4 Å². The Balaban J connectivity index is 1.44. The maximum atomic E-state index is 14.9. The Hall–Kier alpha value is -4.16. The van der Waals surface area contributed by atoms with Gasteiger partial charge in [0.2, 0.25) is 0 Å². The predicted octanol–water partition coefficient (Wildman–Crippen LogP) is 4.99. The van der Waals surface area contributed by atoms with Crippen LogP contribution in [0.2, 0.25) is 0 Å². The summed E-state index contributed by atoms with van der Waals surface area (Å²) < 4.78 is 72.3. The molecule has 1 N–H and O–H groups in total. The van der Waals surface area contributed by atoms with Crippen molar-refractivity contribution in [2.75, 3.05) is 18.0 Å². The van der Waals surface area contributed by atoms with Crippen LogP contribution in [0.15, 0.2) is 41.2 Å². The van der Waals surface area contributed by atoms with E-state index in [2.05, 4.69) is 24.6 Å².